The van der Waals surface area contributed by atoms with Crippen molar-refractivity contribution in [1.29, 1.82) is 0 Å². The molecule has 0 aromatic carbocycles. The predicted molar refractivity (Wildman–Crippen MR) is 66.7 cm³/mol. The first kappa shape index (κ1) is 15.1. The van der Waals surface area contributed by atoms with Crippen LogP contribution < -0.4 is 5.32 Å². The van der Waals surface area contributed by atoms with Gasteiger partial charge in [-0.2, -0.15) is 0 Å². The third-order valence-electron chi connectivity index (χ3n) is 2.67. The van der Waals surface area contributed by atoms with Gasteiger partial charge in [0.2, 0.25) is 0 Å². The van der Waals surface area contributed by atoms with Gasteiger partial charge in [-0.1, -0.05) is 13.8 Å². The Kier molecular flexibility index (Phi) is 8.29. The van der Waals surface area contributed by atoms with Crippen molar-refractivity contribution in [1.82, 2.24) is 5.32 Å². The topological polar surface area (TPSA) is 38.3 Å². The van der Waals surface area contributed by atoms with Crippen LogP contribution in [-0.4, -0.2) is 42.0 Å². The lowest BCUT2D eigenvalue weighted by atomic mass is 10.0. The van der Waals surface area contributed by atoms with Crippen molar-refractivity contribution in [3.63, 3.8) is 0 Å². The maximum absolute atomic E-state index is 11.2. The highest BCUT2D eigenvalue weighted by molar-refractivity contribution is 7.84. The fourth-order valence-electron chi connectivity index (χ4n) is 1.35. The zero-order chi connectivity index (χ0) is 11.8. The molecule has 15 heavy (non-hydrogen) atoms. The van der Waals surface area contributed by atoms with Crippen LogP contribution in [0.3, 0.4) is 0 Å². The molecule has 0 rings (SSSR count). The molecule has 0 fully saturated rings. The van der Waals surface area contributed by atoms with Gasteiger partial charge in [0.05, 0.1) is 0 Å². The first-order valence-electron chi connectivity index (χ1n) is 5.53. The fourth-order valence-corrected chi connectivity index (χ4v) is 1.68. The molecule has 3 unspecified atom stereocenters. The summed E-state index contributed by atoms with van der Waals surface area (Å²) in [5.74, 6) is 0.581. The molecule has 1 N–H and O–H groups in total. The van der Waals surface area contributed by atoms with E-state index in [-0.39, 0.29) is 5.25 Å². The van der Waals surface area contributed by atoms with Crippen LogP contribution in [0.15, 0.2) is 0 Å². The van der Waals surface area contributed by atoms with Crippen molar-refractivity contribution in [2.24, 2.45) is 5.92 Å². The van der Waals surface area contributed by atoms with Crippen LogP contribution in [-0.2, 0) is 15.5 Å². The lowest BCUT2D eigenvalue weighted by Crippen LogP contribution is -2.39. The molecule has 0 saturated heterocycles. The molecule has 0 spiro atoms. The lowest BCUT2D eigenvalue weighted by Gasteiger charge is -2.23. The van der Waals surface area contributed by atoms with Crippen LogP contribution >= 0.6 is 0 Å². The summed E-state index contributed by atoms with van der Waals surface area (Å²) >= 11 is 0. The number of ether oxygens (including phenoxy) is 1. The van der Waals surface area contributed by atoms with Crippen molar-refractivity contribution < 1.29 is 8.95 Å². The largest absolute Gasteiger partial charge is 0.385 e. The van der Waals surface area contributed by atoms with Crippen LogP contribution in [0.5, 0.6) is 0 Å². The van der Waals surface area contributed by atoms with E-state index in [2.05, 4.69) is 19.2 Å². The first-order valence-corrected chi connectivity index (χ1v) is 7.15. The second kappa shape index (κ2) is 8.25. The predicted octanol–water partition coefficient (Wildman–Crippen LogP) is 1.40. The standard InChI is InChI=1S/C11H25NO2S/c1-9(2)11(6-7-14-4)12-8-10(3)15(5)13/h9-12H,6-8H2,1-5H3. The van der Waals surface area contributed by atoms with Crippen molar-refractivity contribution >= 4 is 10.8 Å². The lowest BCUT2D eigenvalue weighted by molar-refractivity contribution is 0.174. The molecule has 0 heterocycles. The molecular weight excluding hydrogens is 210 g/mol. The quantitative estimate of drug-likeness (QED) is 0.691. The van der Waals surface area contributed by atoms with Crippen LogP contribution in [0.2, 0.25) is 0 Å². The average Bonchev–Trinajstić information content (AvgIpc) is 2.16. The summed E-state index contributed by atoms with van der Waals surface area (Å²) in [5, 5.41) is 3.68. The van der Waals surface area contributed by atoms with Crippen molar-refractivity contribution in [3.05, 3.63) is 0 Å². The van der Waals surface area contributed by atoms with Crippen LogP contribution in [0.4, 0.5) is 0 Å². The van der Waals surface area contributed by atoms with Gasteiger partial charge in [0.25, 0.3) is 0 Å². The highest BCUT2D eigenvalue weighted by Crippen LogP contribution is 2.06. The molecular formula is C11H25NO2S. The Bertz CT molecular complexity index is 185. The van der Waals surface area contributed by atoms with Gasteiger partial charge in [-0.15, -0.1) is 0 Å². The van der Waals surface area contributed by atoms with E-state index in [0.717, 1.165) is 19.6 Å². The second-order valence-electron chi connectivity index (χ2n) is 4.35. The summed E-state index contributed by atoms with van der Waals surface area (Å²) in [6.45, 7) is 7.99. The molecule has 0 saturated carbocycles. The normalized spacial score (nSPS) is 17.7. The number of hydrogen-bond donors (Lipinski definition) is 1. The third-order valence-corrected chi connectivity index (χ3v) is 3.97. The van der Waals surface area contributed by atoms with E-state index in [1.54, 1.807) is 13.4 Å². The molecule has 0 bridgehead atoms. The van der Waals surface area contributed by atoms with Gasteiger partial charge in [0.1, 0.15) is 0 Å². The highest BCUT2D eigenvalue weighted by atomic mass is 32.2. The number of hydrogen-bond acceptors (Lipinski definition) is 3. The molecule has 0 aliphatic rings. The highest BCUT2D eigenvalue weighted by Gasteiger charge is 2.14. The SMILES string of the molecule is COCCC(NCC(C)S(C)=O)C(C)C. The molecule has 0 aliphatic carbocycles. The number of methoxy groups -OCH3 is 1. The molecule has 0 aromatic heterocycles. The molecule has 92 valence electrons. The van der Waals surface area contributed by atoms with E-state index in [4.69, 9.17) is 4.74 Å². The smallest absolute Gasteiger partial charge is 0.0477 e. The van der Waals surface area contributed by atoms with Gasteiger partial charge < -0.3 is 10.1 Å². The van der Waals surface area contributed by atoms with Gasteiger partial charge in [-0.25, -0.2) is 0 Å². The molecule has 3 atom stereocenters. The minimum Gasteiger partial charge on any atom is -0.385 e. The summed E-state index contributed by atoms with van der Waals surface area (Å²) in [7, 11) is 0.984. The van der Waals surface area contributed by atoms with E-state index in [1.165, 1.54) is 0 Å². The maximum Gasteiger partial charge on any atom is 0.0477 e. The van der Waals surface area contributed by atoms with E-state index in [1.807, 2.05) is 6.92 Å². The monoisotopic (exact) mass is 235 g/mol. The Morgan fingerprint density at radius 2 is 1.93 bits per heavy atom. The minimum absolute atomic E-state index is 0.216. The summed E-state index contributed by atoms with van der Waals surface area (Å²) in [5.41, 5.74) is 0. The zero-order valence-corrected chi connectivity index (χ0v) is 11.4. The Balaban J connectivity index is 3.90. The molecule has 0 amide bonds. The zero-order valence-electron chi connectivity index (χ0n) is 10.6. The van der Waals surface area contributed by atoms with Crippen LogP contribution in [0.25, 0.3) is 0 Å². The van der Waals surface area contributed by atoms with E-state index in [0.29, 0.717) is 12.0 Å². The van der Waals surface area contributed by atoms with Crippen LogP contribution in [0.1, 0.15) is 27.2 Å². The van der Waals surface area contributed by atoms with Crippen LogP contribution in [0, 0.1) is 5.92 Å². The van der Waals surface area contributed by atoms with Gasteiger partial charge >= 0.3 is 0 Å². The van der Waals surface area contributed by atoms with Gasteiger partial charge in [-0.3, -0.25) is 4.21 Å². The molecule has 0 aromatic rings. The summed E-state index contributed by atoms with van der Waals surface area (Å²) in [6, 6.07) is 0.455. The fraction of sp³-hybridized carbons (Fsp3) is 1.00. The van der Waals surface area contributed by atoms with Crippen molar-refractivity contribution in [2.45, 2.75) is 38.5 Å². The Hall–Kier alpha value is 0.0700. The second-order valence-corrected chi connectivity index (χ2v) is 6.15. The molecule has 0 aliphatic heterocycles. The third kappa shape index (κ3) is 7.03. The Labute approximate surface area is 96.4 Å². The molecule has 3 nitrogen and oxygen atoms in total. The van der Waals surface area contributed by atoms with Gasteiger partial charge in [-0.05, 0) is 19.3 Å². The maximum atomic E-state index is 11.2. The van der Waals surface area contributed by atoms with Crippen molar-refractivity contribution in [3.8, 4) is 0 Å². The number of nitrogens with one attached hydrogen (secondary N) is 1. The van der Waals surface area contributed by atoms with Gasteiger partial charge in [0.15, 0.2) is 0 Å². The van der Waals surface area contributed by atoms with E-state index >= 15 is 0 Å². The minimum atomic E-state index is -0.739. The van der Waals surface area contributed by atoms with Gasteiger partial charge in [0, 0.05) is 48.6 Å². The number of rotatable bonds is 8. The summed E-state index contributed by atoms with van der Waals surface area (Å²) in [4.78, 5) is 0. The molecule has 0 radical (unpaired) electrons. The Morgan fingerprint density at radius 3 is 2.33 bits per heavy atom. The summed E-state index contributed by atoms with van der Waals surface area (Å²) < 4.78 is 16.3. The van der Waals surface area contributed by atoms with Crippen molar-refractivity contribution in [2.75, 3.05) is 26.5 Å². The van der Waals surface area contributed by atoms with E-state index in [9.17, 15) is 4.21 Å². The average molecular weight is 235 g/mol. The first-order chi connectivity index (χ1) is 6.99. The summed E-state index contributed by atoms with van der Waals surface area (Å²) in [6.07, 6.45) is 2.77. The van der Waals surface area contributed by atoms with E-state index < -0.39 is 10.8 Å². The molecule has 4 heteroatoms. The Morgan fingerprint density at radius 1 is 1.33 bits per heavy atom.